The van der Waals surface area contributed by atoms with Crippen molar-refractivity contribution in [2.45, 2.75) is 33.0 Å². The zero-order valence-corrected chi connectivity index (χ0v) is 21.3. The fourth-order valence-electron chi connectivity index (χ4n) is 3.85. The van der Waals surface area contributed by atoms with Gasteiger partial charge in [-0.2, -0.15) is 0 Å². The lowest BCUT2D eigenvalue weighted by Crippen LogP contribution is -2.24. The maximum absolute atomic E-state index is 12.6. The number of nitrogens with two attached hydrogens (primary N) is 1. The summed E-state index contributed by atoms with van der Waals surface area (Å²) in [4.78, 5) is 19.8. The molecule has 1 aromatic heterocycles. The molecule has 1 heterocycles. The predicted molar refractivity (Wildman–Crippen MR) is 146 cm³/mol. The molecule has 0 unspecified atom stereocenters. The number of rotatable bonds is 10. The fourth-order valence-corrected chi connectivity index (χ4v) is 4.93. The van der Waals surface area contributed by atoms with Crippen molar-refractivity contribution in [1.82, 2.24) is 10.3 Å². The van der Waals surface area contributed by atoms with E-state index in [-0.39, 0.29) is 5.91 Å². The van der Waals surface area contributed by atoms with Crippen LogP contribution in [0.4, 0.5) is 5.13 Å². The van der Waals surface area contributed by atoms with E-state index in [0.29, 0.717) is 23.7 Å². The number of anilines is 1. The zero-order valence-electron chi connectivity index (χ0n) is 19.7. The highest BCUT2D eigenvalue weighted by Crippen LogP contribution is 2.32. The third-order valence-corrected chi connectivity index (χ3v) is 6.91. The van der Waals surface area contributed by atoms with E-state index in [9.17, 15) is 4.79 Å². The molecule has 0 aliphatic carbocycles. The van der Waals surface area contributed by atoms with Crippen LogP contribution in [0.5, 0.6) is 0 Å². The summed E-state index contributed by atoms with van der Waals surface area (Å²) in [7, 11) is 0. The normalized spacial score (nSPS) is 10.8. The van der Waals surface area contributed by atoms with E-state index in [0.717, 1.165) is 52.6 Å². The first kappa shape index (κ1) is 24.9. The minimum atomic E-state index is -0.0931. The molecular weight excluding hydrogens is 476 g/mol. The number of halogens is 1. The Morgan fingerprint density at radius 2 is 1.80 bits per heavy atom. The Bertz CT molecular complexity index is 1270. The topological polar surface area (TPSA) is 71.2 Å². The highest BCUT2D eigenvalue weighted by molar-refractivity contribution is 7.14. The van der Waals surface area contributed by atoms with Crippen LogP contribution in [0.1, 0.15) is 40.4 Å². The Hall–Kier alpha value is -3.19. The quantitative estimate of drug-likeness (QED) is 0.267. The minimum Gasteiger partial charge on any atom is -0.348 e. The molecule has 35 heavy (non-hydrogen) atoms. The van der Waals surface area contributed by atoms with E-state index in [1.807, 2.05) is 72.8 Å². The van der Waals surface area contributed by atoms with Crippen LogP contribution in [0.2, 0.25) is 5.02 Å². The minimum absolute atomic E-state index is 0.0931. The van der Waals surface area contributed by atoms with Crippen LogP contribution < -0.4 is 16.0 Å². The van der Waals surface area contributed by atoms with Crippen LogP contribution in [-0.2, 0) is 19.6 Å². The van der Waals surface area contributed by atoms with E-state index in [1.54, 1.807) is 11.3 Å². The number of hydrogen-bond acceptors (Lipinski definition) is 5. The molecule has 0 aliphatic rings. The van der Waals surface area contributed by atoms with Crippen molar-refractivity contribution in [2.24, 2.45) is 5.73 Å². The first-order valence-corrected chi connectivity index (χ1v) is 12.9. The maximum Gasteiger partial charge on any atom is 0.251 e. The molecule has 1 amide bonds. The molecule has 180 valence electrons. The van der Waals surface area contributed by atoms with Gasteiger partial charge in [0.15, 0.2) is 5.13 Å². The van der Waals surface area contributed by atoms with Gasteiger partial charge in [0.25, 0.3) is 5.91 Å². The van der Waals surface area contributed by atoms with Crippen LogP contribution in [0, 0.1) is 0 Å². The first-order chi connectivity index (χ1) is 17.1. The third kappa shape index (κ3) is 6.48. The Kier molecular flexibility index (Phi) is 8.53. The number of carbonyl (C=O) groups is 1. The fraction of sp³-hybridized carbons (Fsp3) is 0.214. The Morgan fingerprint density at radius 1 is 1.03 bits per heavy atom. The Morgan fingerprint density at radius 3 is 2.54 bits per heavy atom. The van der Waals surface area contributed by atoms with Crippen molar-refractivity contribution in [3.05, 3.63) is 105 Å². The van der Waals surface area contributed by atoms with Gasteiger partial charge in [0.2, 0.25) is 0 Å². The summed E-state index contributed by atoms with van der Waals surface area (Å²) < 4.78 is 0. The molecule has 0 aliphatic heterocycles. The van der Waals surface area contributed by atoms with Crippen LogP contribution in [0.3, 0.4) is 0 Å². The lowest BCUT2D eigenvalue weighted by Gasteiger charge is -2.21. The molecule has 4 aromatic rings. The summed E-state index contributed by atoms with van der Waals surface area (Å²) in [5, 5.41) is 6.70. The molecule has 0 saturated heterocycles. The Labute approximate surface area is 215 Å². The molecule has 4 rings (SSSR count). The van der Waals surface area contributed by atoms with E-state index >= 15 is 0 Å². The first-order valence-electron chi connectivity index (χ1n) is 11.7. The van der Waals surface area contributed by atoms with Crippen molar-refractivity contribution in [1.29, 1.82) is 0 Å². The SMILES string of the molecule is CCCN(Cc1ccc(C(=O)NCc2cccc(CN)c2)cc1)c1nc(-c2ccccc2Cl)cs1. The number of hydrogen-bond donors (Lipinski definition) is 2. The van der Waals surface area contributed by atoms with Gasteiger partial charge in [-0.15, -0.1) is 11.3 Å². The summed E-state index contributed by atoms with van der Waals surface area (Å²) in [5.41, 5.74) is 11.4. The molecular formula is C28H29ClN4OS. The summed E-state index contributed by atoms with van der Waals surface area (Å²) in [6, 6.07) is 23.5. The van der Waals surface area contributed by atoms with Gasteiger partial charge >= 0.3 is 0 Å². The van der Waals surface area contributed by atoms with E-state index in [4.69, 9.17) is 22.3 Å². The van der Waals surface area contributed by atoms with E-state index < -0.39 is 0 Å². The van der Waals surface area contributed by atoms with Gasteiger partial charge in [0.05, 0.1) is 5.69 Å². The lowest BCUT2D eigenvalue weighted by molar-refractivity contribution is 0.0951. The highest BCUT2D eigenvalue weighted by Gasteiger charge is 2.14. The number of thiazole rings is 1. The number of benzene rings is 3. The third-order valence-electron chi connectivity index (χ3n) is 5.68. The molecule has 5 nitrogen and oxygen atoms in total. The van der Waals surface area contributed by atoms with Gasteiger partial charge in [0.1, 0.15) is 0 Å². The summed E-state index contributed by atoms with van der Waals surface area (Å²) in [6.45, 7) is 4.72. The van der Waals surface area contributed by atoms with Crippen LogP contribution in [0.15, 0.2) is 78.2 Å². The monoisotopic (exact) mass is 504 g/mol. The number of amides is 1. The van der Waals surface area contributed by atoms with Crippen molar-refractivity contribution in [3.63, 3.8) is 0 Å². The largest absolute Gasteiger partial charge is 0.348 e. The summed E-state index contributed by atoms with van der Waals surface area (Å²) in [6.07, 6.45) is 1.01. The summed E-state index contributed by atoms with van der Waals surface area (Å²) >= 11 is 7.98. The van der Waals surface area contributed by atoms with Crippen LogP contribution >= 0.6 is 22.9 Å². The molecule has 7 heteroatoms. The molecule has 0 bridgehead atoms. The molecule has 3 aromatic carbocycles. The Balaban J connectivity index is 1.40. The van der Waals surface area contributed by atoms with Gasteiger partial charge in [-0.1, -0.05) is 73.1 Å². The van der Waals surface area contributed by atoms with Gasteiger partial charge in [-0.25, -0.2) is 4.98 Å². The van der Waals surface area contributed by atoms with Gasteiger partial charge < -0.3 is 16.0 Å². The predicted octanol–water partition coefficient (Wildman–Crippen LogP) is 6.27. The van der Waals surface area contributed by atoms with Crippen molar-refractivity contribution < 1.29 is 4.79 Å². The van der Waals surface area contributed by atoms with E-state index in [2.05, 4.69) is 22.5 Å². The van der Waals surface area contributed by atoms with E-state index in [1.165, 1.54) is 0 Å². The highest BCUT2D eigenvalue weighted by atomic mass is 35.5. The van der Waals surface area contributed by atoms with Gasteiger partial charge in [0, 0.05) is 47.7 Å². The van der Waals surface area contributed by atoms with Crippen LogP contribution in [0.25, 0.3) is 11.3 Å². The smallest absolute Gasteiger partial charge is 0.251 e. The molecule has 0 atom stereocenters. The molecule has 0 fully saturated rings. The van der Waals surface area contributed by atoms with Crippen molar-refractivity contribution in [3.8, 4) is 11.3 Å². The van der Waals surface area contributed by atoms with Gasteiger partial charge in [-0.05, 0) is 41.3 Å². The van der Waals surface area contributed by atoms with Gasteiger partial charge in [-0.3, -0.25) is 4.79 Å². The average molecular weight is 505 g/mol. The van der Waals surface area contributed by atoms with Crippen molar-refractivity contribution >= 4 is 34.0 Å². The summed E-state index contributed by atoms with van der Waals surface area (Å²) in [5.74, 6) is -0.0931. The number of carbonyl (C=O) groups excluding carboxylic acids is 1. The average Bonchev–Trinajstić information content (AvgIpc) is 3.38. The number of nitrogens with zero attached hydrogens (tertiary/aromatic N) is 2. The molecule has 0 spiro atoms. The number of aromatic nitrogens is 1. The number of nitrogens with one attached hydrogen (secondary N) is 1. The molecule has 3 N–H and O–H groups in total. The second-order valence-electron chi connectivity index (χ2n) is 8.32. The van der Waals surface area contributed by atoms with Crippen molar-refractivity contribution in [2.75, 3.05) is 11.4 Å². The molecule has 0 saturated carbocycles. The molecule has 0 radical (unpaired) electrons. The zero-order chi connectivity index (χ0) is 24.6. The lowest BCUT2D eigenvalue weighted by atomic mass is 10.1. The maximum atomic E-state index is 12.6. The second kappa shape index (κ2) is 12.0. The van der Waals surface area contributed by atoms with Crippen LogP contribution in [-0.4, -0.2) is 17.4 Å². The second-order valence-corrected chi connectivity index (χ2v) is 9.56. The standard InChI is InChI=1S/C28H29ClN4OS/c1-2-14-33(28-32-26(19-35-28)24-8-3-4-9-25(24)29)18-20-10-12-23(13-11-20)27(34)31-17-22-7-5-6-21(15-22)16-30/h3-13,15,19H,2,14,16-18,30H2,1H3,(H,31,34).